The summed E-state index contributed by atoms with van der Waals surface area (Å²) in [6, 6.07) is 9.54. The molecule has 7 nitrogen and oxygen atoms in total. The SMILES string of the molecule is O=C(OCCN1C(=O)c2ccccc2C1=O)c1cc(Cl)c2c(c1)OCCCO2. The van der Waals surface area contributed by atoms with Crippen molar-refractivity contribution in [3.05, 3.63) is 58.1 Å². The molecule has 0 fully saturated rings. The number of carbonyl (C=O) groups is 3. The van der Waals surface area contributed by atoms with Gasteiger partial charge in [0, 0.05) is 6.42 Å². The van der Waals surface area contributed by atoms with Crippen molar-refractivity contribution >= 4 is 29.4 Å². The van der Waals surface area contributed by atoms with Crippen molar-refractivity contribution in [2.45, 2.75) is 6.42 Å². The molecule has 0 unspecified atom stereocenters. The summed E-state index contributed by atoms with van der Waals surface area (Å²) in [4.78, 5) is 38.0. The van der Waals surface area contributed by atoms with Crippen LogP contribution in [0, 0.1) is 0 Å². The number of rotatable bonds is 4. The molecule has 0 saturated carbocycles. The van der Waals surface area contributed by atoms with E-state index in [9.17, 15) is 14.4 Å². The van der Waals surface area contributed by atoms with Crippen molar-refractivity contribution < 1.29 is 28.6 Å². The van der Waals surface area contributed by atoms with Gasteiger partial charge >= 0.3 is 5.97 Å². The number of carbonyl (C=O) groups excluding carboxylic acids is 3. The largest absolute Gasteiger partial charge is 0.489 e. The van der Waals surface area contributed by atoms with Crippen molar-refractivity contribution in [2.75, 3.05) is 26.4 Å². The number of halogens is 1. The molecule has 2 aromatic carbocycles. The van der Waals surface area contributed by atoms with Crippen LogP contribution in [0.3, 0.4) is 0 Å². The van der Waals surface area contributed by atoms with Gasteiger partial charge in [0.1, 0.15) is 6.61 Å². The summed E-state index contributed by atoms with van der Waals surface area (Å²) in [5.41, 5.74) is 0.915. The lowest BCUT2D eigenvalue weighted by Gasteiger charge is -2.14. The molecule has 2 aliphatic rings. The number of hydrogen-bond acceptors (Lipinski definition) is 6. The molecule has 0 atom stereocenters. The second-order valence-corrected chi connectivity index (χ2v) is 6.69. The molecule has 144 valence electrons. The highest BCUT2D eigenvalue weighted by Gasteiger charge is 2.34. The van der Waals surface area contributed by atoms with Gasteiger partial charge in [0.15, 0.2) is 11.5 Å². The lowest BCUT2D eigenvalue weighted by Crippen LogP contribution is -2.33. The van der Waals surface area contributed by atoms with E-state index >= 15 is 0 Å². The predicted molar refractivity (Wildman–Crippen MR) is 99.2 cm³/mol. The highest BCUT2D eigenvalue weighted by molar-refractivity contribution is 6.32. The van der Waals surface area contributed by atoms with E-state index in [4.69, 9.17) is 25.8 Å². The Bertz CT molecular complexity index is 938. The van der Waals surface area contributed by atoms with Gasteiger partial charge in [0.05, 0.1) is 41.5 Å². The van der Waals surface area contributed by atoms with E-state index in [0.717, 1.165) is 4.90 Å². The van der Waals surface area contributed by atoms with Gasteiger partial charge in [0.25, 0.3) is 11.8 Å². The van der Waals surface area contributed by atoms with Crippen molar-refractivity contribution in [3.63, 3.8) is 0 Å². The van der Waals surface area contributed by atoms with Crippen molar-refractivity contribution in [1.82, 2.24) is 4.90 Å². The lowest BCUT2D eigenvalue weighted by molar-refractivity contribution is 0.0420. The number of ether oxygens (including phenoxy) is 3. The average molecular weight is 402 g/mol. The Balaban J connectivity index is 1.41. The number of benzene rings is 2. The minimum absolute atomic E-state index is 0.0314. The first-order valence-electron chi connectivity index (χ1n) is 8.78. The van der Waals surface area contributed by atoms with Gasteiger partial charge in [-0.1, -0.05) is 23.7 Å². The van der Waals surface area contributed by atoms with E-state index < -0.39 is 17.8 Å². The maximum absolute atomic E-state index is 12.4. The van der Waals surface area contributed by atoms with Crippen LogP contribution in [-0.4, -0.2) is 49.0 Å². The molecule has 0 aromatic heterocycles. The quantitative estimate of drug-likeness (QED) is 0.578. The summed E-state index contributed by atoms with van der Waals surface area (Å²) in [6.07, 6.45) is 0.713. The van der Waals surface area contributed by atoms with Gasteiger partial charge in [-0.25, -0.2) is 4.79 Å². The molecule has 0 bridgehead atoms. The van der Waals surface area contributed by atoms with Crippen LogP contribution in [0.1, 0.15) is 37.5 Å². The summed E-state index contributed by atoms with van der Waals surface area (Å²) < 4.78 is 16.3. The molecular formula is C20H16ClNO6. The van der Waals surface area contributed by atoms with Crippen LogP contribution in [0.5, 0.6) is 11.5 Å². The Morgan fingerprint density at radius 1 is 1.07 bits per heavy atom. The normalized spacial score (nSPS) is 15.2. The first-order valence-corrected chi connectivity index (χ1v) is 9.15. The summed E-state index contributed by atoms with van der Waals surface area (Å²) in [6.45, 7) is 0.783. The summed E-state index contributed by atoms with van der Waals surface area (Å²) in [5, 5.41) is 0.256. The number of hydrogen-bond donors (Lipinski definition) is 0. The number of esters is 1. The van der Waals surface area contributed by atoms with Gasteiger partial charge in [-0.2, -0.15) is 0 Å². The van der Waals surface area contributed by atoms with Gasteiger partial charge in [-0.15, -0.1) is 0 Å². The van der Waals surface area contributed by atoms with E-state index in [1.54, 1.807) is 24.3 Å². The minimum Gasteiger partial charge on any atom is -0.489 e. The summed E-state index contributed by atoms with van der Waals surface area (Å²) in [7, 11) is 0. The zero-order valence-corrected chi connectivity index (χ0v) is 15.5. The first kappa shape index (κ1) is 18.3. The molecule has 0 radical (unpaired) electrons. The van der Waals surface area contributed by atoms with Crippen molar-refractivity contribution in [3.8, 4) is 11.5 Å². The summed E-state index contributed by atoms with van der Waals surface area (Å²) in [5.74, 6) is -0.626. The van der Waals surface area contributed by atoms with Gasteiger partial charge in [0.2, 0.25) is 0 Å². The van der Waals surface area contributed by atoms with Crippen LogP contribution in [0.25, 0.3) is 0 Å². The maximum atomic E-state index is 12.4. The Hall–Kier alpha value is -3.06. The number of nitrogens with zero attached hydrogens (tertiary/aromatic N) is 1. The fourth-order valence-electron chi connectivity index (χ4n) is 3.10. The fourth-order valence-corrected chi connectivity index (χ4v) is 3.37. The zero-order valence-electron chi connectivity index (χ0n) is 14.8. The molecule has 8 heteroatoms. The van der Waals surface area contributed by atoms with Gasteiger partial charge in [-0.05, 0) is 24.3 Å². The number of fused-ring (bicyclic) bond motifs is 2. The standard InChI is InChI=1S/C20H16ClNO6/c21-15-10-12(11-16-17(15)27-8-3-7-26-16)20(25)28-9-6-22-18(23)13-4-1-2-5-14(13)19(22)24/h1-2,4-5,10-11H,3,6-9H2. The highest BCUT2D eigenvalue weighted by atomic mass is 35.5. The molecule has 2 aromatic rings. The third-order valence-electron chi connectivity index (χ3n) is 4.46. The van der Waals surface area contributed by atoms with Crippen LogP contribution in [0.2, 0.25) is 5.02 Å². The molecule has 28 heavy (non-hydrogen) atoms. The van der Waals surface area contributed by atoms with E-state index in [1.165, 1.54) is 12.1 Å². The number of amides is 2. The third kappa shape index (κ3) is 3.29. The molecule has 2 amide bonds. The van der Waals surface area contributed by atoms with Crippen LogP contribution >= 0.6 is 11.6 Å². The minimum atomic E-state index is -0.630. The summed E-state index contributed by atoms with van der Waals surface area (Å²) >= 11 is 6.18. The van der Waals surface area contributed by atoms with Crippen molar-refractivity contribution in [2.24, 2.45) is 0 Å². The smallest absolute Gasteiger partial charge is 0.338 e. The van der Waals surface area contributed by atoms with Gasteiger partial charge in [-0.3, -0.25) is 14.5 Å². The van der Waals surface area contributed by atoms with E-state index in [2.05, 4.69) is 0 Å². The lowest BCUT2D eigenvalue weighted by atomic mass is 10.1. The molecule has 2 heterocycles. The Labute approximate surface area is 165 Å². The Morgan fingerprint density at radius 3 is 2.46 bits per heavy atom. The van der Waals surface area contributed by atoms with Crippen LogP contribution < -0.4 is 9.47 Å². The highest BCUT2D eigenvalue weighted by Crippen LogP contribution is 2.38. The molecule has 0 spiro atoms. The maximum Gasteiger partial charge on any atom is 0.338 e. The average Bonchev–Trinajstić information content (AvgIpc) is 2.86. The van der Waals surface area contributed by atoms with Crippen LogP contribution in [0.15, 0.2) is 36.4 Å². The topological polar surface area (TPSA) is 82.1 Å². The van der Waals surface area contributed by atoms with Crippen molar-refractivity contribution in [1.29, 1.82) is 0 Å². The van der Waals surface area contributed by atoms with E-state index in [-0.39, 0.29) is 23.7 Å². The monoisotopic (exact) mass is 401 g/mol. The third-order valence-corrected chi connectivity index (χ3v) is 4.74. The Kier molecular flexibility index (Phi) is 4.92. The van der Waals surface area contributed by atoms with E-state index in [1.807, 2.05) is 0 Å². The Morgan fingerprint density at radius 2 is 1.75 bits per heavy atom. The molecule has 0 aliphatic carbocycles. The van der Waals surface area contributed by atoms with Crippen LogP contribution in [0.4, 0.5) is 0 Å². The molecule has 0 saturated heterocycles. The van der Waals surface area contributed by atoms with Crippen LogP contribution in [-0.2, 0) is 4.74 Å². The zero-order chi connectivity index (χ0) is 19.7. The second kappa shape index (κ2) is 7.52. The molecular weight excluding hydrogens is 386 g/mol. The van der Waals surface area contributed by atoms with E-state index in [0.29, 0.717) is 42.3 Å². The number of imide groups is 1. The van der Waals surface area contributed by atoms with Gasteiger partial charge < -0.3 is 14.2 Å². The predicted octanol–water partition coefficient (Wildman–Crippen LogP) is 2.95. The molecule has 4 rings (SSSR count). The molecule has 2 aliphatic heterocycles. The fraction of sp³-hybridized carbons (Fsp3) is 0.250. The molecule has 0 N–H and O–H groups in total. The second-order valence-electron chi connectivity index (χ2n) is 6.28. The first-order chi connectivity index (χ1) is 13.6.